The molecule has 2 nitrogen and oxygen atoms in total. The summed E-state index contributed by atoms with van der Waals surface area (Å²) in [5.74, 6) is 0.663. The van der Waals surface area contributed by atoms with Gasteiger partial charge < -0.3 is 5.11 Å². The van der Waals surface area contributed by atoms with Crippen LogP contribution in [0.4, 0.5) is 0 Å². The van der Waals surface area contributed by atoms with Crippen LogP contribution in [0.3, 0.4) is 0 Å². The average molecular weight is 249 g/mol. The molecule has 0 amide bonds. The number of rotatable bonds is 3. The maximum absolute atomic E-state index is 10.9. The third-order valence-corrected chi connectivity index (χ3v) is 5.36. The summed E-state index contributed by atoms with van der Waals surface area (Å²) in [4.78, 5) is 0. The van der Waals surface area contributed by atoms with Gasteiger partial charge in [0.1, 0.15) is 0 Å². The summed E-state index contributed by atoms with van der Waals surface area (Å²) >= 11 is 0. The highest BCUT2D eigenvalue weighted by Crippen LogP contribution is 2.47. The van der Waals surface area contributed by atoms with E-state index in [1.807, 2.05) is 6.92 Å². The van der Waals surface area contributed by atoms with E-state index in [0.717, 1.165) is 32.1 Å². The summed E-state index contributed by atoms with van der Waals surface area (Å²) in [5, 5.41) is 20.6. The number of hydrogen-bond acceptors (Lipinski definition) is 2. The fourth-order valence-corrected chi connectivity index (χ4v) is 3.73. The van der Waals surface area contributed by atoms with Gasteiger partial charge in [-0.1, -0.05) is 51.4 Å². The molecule has 1 N–H and O–H groups in total. The van der Waals surface area contributed by atoms with E-state index in [4.69, 9.17) is 0 Å². The van der Waals surface area contributed by atoms with Crippen LogP contribution in [0.1, 0.15) is 77.6 Å². The van der Waals surface area contributed by atoms with E-state index in [1.54, 1.807) is 0 Å². The summed E-state index contributed by atoms with van der Waals surface area (Å²) < 4.78 is 0. The van der Waals surface area contributed by atoms with Crippen LogP contribution in [0.5, 0.6) is 0 Å². The topological polar surface area (TPSA) is 44.0 Å². The molecule has 0 heterocycles. The molecule has 0 aromatic carbocycles. The van der Waals surface area contributed by atoms with Crippen molar-refractivity contribution < 1.29 is 5.11 Å². The largest absolute Gasteiger partial charge is 0.389 e. The Kier molecular flexibility index (Phi) is 4.33. The third kappa shape index (κ3) is 2.72. The molecular formula is C16H27NO. The van der Waals surface area contributed by atoms with Crippen molar-refractivity contribution in [1.29, 1.82) is 5.26 Å². The molecule has 1 atom stereocenters. The van der Waals surface area contributed by atoms with Crippen molar-refractivity contribution in [2.75, 3.05) is 0 Å². The van der Waals surface area contributed by atoms with Gasteiger partial charge in [-0.15, -0.1) is 0 Å². The van der Waals surface area contributed by atoms with Gasteiger partial charge in [0, 0.05) is 0 Å². The first-order valence-electron chi connectivity index (χ1n) is 7.73. The Morgan fingerprint density at radius 1 is 1.11 bits per heavy atom. The van der Waals surface area contributed by atoms with Crippen LogP contribution in [0.25, 0.3) is 0 Å². The third-order valence-electron chi connectivity index (χ3n) is 5.36. The van der Waals surface area contributed by atoms with Crippen molar-refractivity contribution in [3.63, 3.8) is 0 Å². The second kappa shape index (κ2) is 5.61. The highest BCUT2D eigenvalue weighted by molar-refractivity contribution is 5.10. The Balaban J connectivity index is 2.09. The van der Waals surface area contributed by atoms with E-state index in [0.29, 0.717) is 5.92 Å². The van der Waals surface area contributed by atoms with Gasteiger partial charge in [0.05, 0.1) is 17.1 Å². The molecule has 0 saturated heterocycles. The summed E-state index contributed by atoms with van der Waals surface area (Å²) in [6.45, 7) is 1.93. The quantitative estimate of drug-likeness (QED) is 0.815. The Morgan fingerprint density at radius 2 is 1.67 bits per heavy atom. The zero-order valence-electron chi connectivity index (χ0n) is 11.7. The Bertz CT molecular complexity index is 304. The molecule has 0 bridgehead atoms. The number of hydrogen-bond donors (Lipinski definition) is 1. The second-order valence-electron chi connectivity index (χ2n) is 6.74. The van der Waals surface area contributed by atoms with E-state index in [1.165, 1.54) is 38.5 Å². The fourth-order valence-electron chi connectivity index (χ4n) is 3.73. The van der Waals surface area contributed by atoms with Crippen LogP contribution >= 0.6 is 0 Å². The molecule has 2 heteroatoms. The summed E-state index contributed by atoms with van der Waals surface area (Å²) in [6.07, 6.45) is 12.4. The molecule has 2 saturated carbocycles. The molecule has 1 unspecified atom stereocenters. The standard InChI is InChI=1S/C16H27NO/c1-15(18,12-14-8-7-9-14)16(13-17)10-5-3-2-4-6-11-16/h14,18H,2-12H2,1H3. The zero-order chi connectivity index (χ0) is 13.1. The first-order valence-corrected chi connectivity index (χ1v) is 7.73. The highest BCUT2D eigenvalue weighted by atomic mass is 16.3. The van der Waals surface area contributed by atoms with Crippen LogP contribution < -0.4 is 0 Å². The lowest BCUT2D eigenvalue weighted by Gasteiger charge is -2.44. The Morgan fingerprint density at radius 3 is 2.11 bits per heavy atom. The van der Waals surface area contributed by atoms with Crippen LogP contribution in [-0.4, -0.2) is 10.7 Å². The lowest BCUT2D eigenvalue weighted by atomic mass is 9.62. The van der Waals surface area contributed by atoms with Crippen LogP contribution in [-0.2, 0) is 0 Å². The van der Waals surface area contributed by atoms with Crippen molar-refractivity contribution in [3.8, 4) is 6.07 Å². The van der Waals surface area contributed by atoms with Gasteiger partial charge in [0.25, 0.3) is 0 Å². The van der Waals surface area contributed by atoms with Gasteiger partial charge in [-0.3, -0.25) is 0 Å². The van der Waals surface area contributed by atoms with Gasteiger partial charge in [0.2, 0.25) is 0 Å². The first-order chi connectivity index (χ1) is 8.60. The summed E-state index contributed by atoms with van der Waals surface area (Å²) in [6, 6.07) is 2.53. The van der Waals surface area contributed by atoms with Crippen molar-refractivity contribution >= 4 is 0 Å². The van der Waals surface area contributed by atoms with Crippen molar-refractivity contribution in [1.82, 2.24) is 0 Å². The summed E-state index contributed by atoms with van der Waals surface area (Å²) in [5.41, 5.74) is -1.27. The Labute approximate surface area is 111 Å². The van der Waals surface area contributed by atoms with E-state index >= 15 is 0 Å². The van der Waals surface area contributed by atoms with Gasteiger partial charge >= 0.3 is 0 Å². The normalized spacial score (nSPS) is 28.3. The van der Waals surface area contributed by atoms with Crippen molar-refractivity contribution in [2.24, 2.45) is 11.3 Å². The molecular weight excluding hydrogens is 222 g/mol. The van der Waals surface area contributed by atoms with Gasteiger partial charge in [-0.05, 0) is 32.1 Å². The van der Waals surface area contributed by atoms with E-state index in [9.17, 15) is 10.4 Å². The molecule has 2 aliphatic rings. The van der Waals surface area contributed by atoms with Gasteiger partial charge in [0.15, 0.2) is 0 Å². The first kappa shape index (κ1) is 13.9. The summed E-state index contributed by atoms with van der Waals surface area (Å²) in [7, 11) is 0. The van der Waals surface area contributed by atoms with Crippen LogP contribution in [0.15, 0.2) is 0 Å². The number of nitrogens with zero attached hydrogens (tertiary/aromatic N) is 1. The van der Waals surface area contributed by atoms with Crippen LogP contribution in [0.2, 0.25) is 0 Å². The lowest BCUT2D eigenvalue weighted by molar-refractivity contribution is -0.0762. The van der Waals surface area contributed by atoms with Gasteiger partial charge in [-0.25, -0.2) is 0 Å². The SMILES string of the molecule is CC(O)(CC1CCC1)C1(C#N)CCCCCCC1. The molecule has 2 rings (SSSR count). The molecule has 18 heavy (non-hydrogen) atoms. The van der Waals surface area contributed by atoms with Crippen molar-refractivity contribution in [3.05, 3.63) is 0 Å². The molecule has 0 radical (unpaired) electrons. The molecule has 102 valence electrons. The predicted octanol–water partition coefficient (Wildman–Crippen LogP) is 4.18. The minimum Gasteiger partial charge on any atom is -0.389 e. The van der Waals surface area contributed by atoms with E-state index in [-0.39, 0.29) is 0 Å². The minimum atomic E-state index is -0.788. The molecule has 0 aromatic rings. The maximum Gasteiger partial charge on any atom is 0.0857 e. The Hall–Kier alpha value is -0.550. The molecule has 0 spiro atoms. The maximum atomic E-state index is 10.9. The van der Waals surface area contributed by atoms with E-state index < -0.39 is 11.0 Å². The van der Waals surface area contributed by atoms with Crippen molar-refractivity contribution in [2.45, 2.75) is 83.2 Å². The smallest absolute Gasteiger partial charge is 0.0857 e. The second-order valence-corrected chi connectivity index (χ2v) is 6.74. The monoisotopic (exact) mass is 249 g/mol. The molecule has 0 aliphatic heterocycles. The molecule has 2 fully saturated rings. The molecule has 2 aliphatic carbocycles. The van der Waals surface area contributed by atoms with Gasteiger partial charge in [-0.2, -0.15) is 5.26 Å². The number of aliphatic hydroxyl groups is 1. The molecule has 0 aromatic heterocycles. The minimum absolute atomic E-state index is 0.483. The number of nitriles is 1. The predicted molar refractivity (Wildman–Crippen MR) is 72.9 cm³/mol. The fraction of sp³-hybridized carbons (Fsp3) is 0.938. The highest BCUT2D eigenvalue weighted by Gasteiger charge is 2.48. The van der Waals surface area contributed by atoms with Crippen LogP contribution in [0, 0.1) is 22.7 Å². The lowest BCUT2D eigenvalue weighted by Crippen LogP contribution is -2.47. The zero-order valence-corrected chi connectivity index (χ0v) is 11.7. The average Bonchev–Trinajstić information content (AvgIpc) is 2.24. The van der Waals surface area contributed by atoms with E-state index in [2.05, 4.69) is 6.07 Å².